The van der Waals surface area contributed by atoms with Gasteiger partial charge in [0.05, 0.1) is 0 Å². The second-order valence-corrected chi connectivity index (χ2v) is 7.63. The van der Waals surface area contributed by atoms with Gasteiger partial charge in [-0.05, 0) is 31.8 Å². The van der Waals surface area contributed by atoms with Gasteiger partial charge in [0, 0.05) is 20.4 Å². The molecule has 0 radical (unpaired) electrons. The molecule has 1 fully saturated rings. The Morgan fingerprint density at radius 1 is 1.13 bits per heavy atom. The molecule has 1 aromatic carbocycles. The van der Waals surface area contributed by atoms with Crippen LogP contribution in [-0.2, 0) is 16.1 Å². The smallest absolute Gasteiger partial charge is 0.328 e. The van der Waals surface area contributed by atoms with Crippen molar-refractivity contribution in [2.24, 2.45) is 5.92 Å². The van der Waals surface area contributed by atoms with Gasteiger partial charge in [0.15, 0.2) is 0 Å². The Morgan fingerprint density at radius 2 is 1.70 bits per heavy atom. The Bertz CT molecular complexity index is 976. The molecule has 0 spiro atoms. The minimum absolute atomic E-state index is 0.00979. The molecule has 4 amide bonds. The number of likely N-dealkylation sites (N-methyl/N-ethyl adjacent to an activating group) is 1. The van der Waals surface area contributed by atoms with E-state index in [0.29, 0.717) is 24.3 Å². The highest BCUT2D eigenvalue weighted by molar-refractivity contribution is 6.16. The van der Waals surface area contributed by atoms with E-state index in [9.17, 15) is 24.7 Å². The molecule has 2 heterocycles. The van der Waals surface area contributed by atoms with E-state index in [2.05, 4.69) is 10.6 Å². The molecule has 0 aliphatic carbocycles. The van der Waals surface area contributed by atoms with Gasteiger partial charge in [0.2, 0.25) is 11.8 Å². The zero-order valence-corrected chi connectivity index (χ0v) is 17.3. The number of rotatable bonds is 6. The quantitative estimate of drug-likeness (QED) is 0.349. The Kier molecular flexibility index (Phi) is 5.79. The number of benzene rings is 1. The number of hydrogen-bond donors (Lipinski definition) is 3. The lowest BCUT2D eigenvalue weighted by molar-refractivity contribution is -0.621. The number of carbonyl (C=O) groups is 3. The molecule has 1 saturated heterocycles. The van der Waals surface area contributed by atoms with Crippen LogP contribution in [0.15, 0.2) is 24.3 Å². The fraction of sp³-hybridized carbons (Fsp3) is 0.400. The van der Waals surface area contributed by atoms with Crippen LogP contribution in [0.1, 0.15) is 28.7 Å². The SMILES string of the molecule is Cc1c(C)[n+]([O-])c(C(c2ccc(O)cc2)C2C(=O)NC(=O)NC2=O)n1CCN(C)C. The highest BCUT2D eigenvalue weighted by atomic mass is 16.5. The van der Waals surface area contributed by atoms with Crippen molar-refractivity contribution in [1.82, 2.24) is 20.1 Å². The Balaban J connectivity index is 2.22. The molecule has 0 saturated carbocycles. The third-order valence-electron chi connectivity index (χ3n) is 5.39. The number of phenolic OH excluding ortho intramolecular Hbond substituents is 1. The van der Waals surface area contributed by atoms with Gasteiger partial charge in [0.1, 0.15) is 35.5 Å². The normalized spacial score (nSPS) is 16.0. The first kappa shape index (κ1) is 21.3. The van der Waals surface area contributed by atoms with Gasteiger partial charge in [-0.2, -0.15) is 0 Å². The number of urea groups is 1. The van der Waals surface area contributed by atoms with Crippen LogP contribution in [0, 0.1) is 25.0 Å². The Hall–Kier alpha value is -3.40. The molecule has 1 aliphatic heterocycles. The van der Waals surface area contributed by atoms with Crippen molar-refractivity contribution in [3.8, 4) is 5.75 Å². The van der Waals surface area contributed by atoms with Crippen molar-refractivity contribution in [2.45, 2.75) is 26.3 Å². The van der Waals surface area contributed by atoms with Gasteiger partial charge in [-0.3, -0.25) is 20.2 Å². The Morgan fingerprint density at radius 3 is 2.23 bits per heavy atom. The maximum absolute atomic E-state index is 13.2. The number of aromatic hydroxyl groups is 1. The van der Waals surface area contributed by atoms with E-state index >= 15 is 0 Å². The van der Waals surface area contributed by atoms with E-state index in [4.69, 9.17) is 0 Å². The summed E-state index contributed by atoms with van der Waals surface area (Å²) in [4.78, 5) is 38.9. The molecule has 1 aliphatic rings. The number of imide groups is 2. The molecule has 10 nitrogen and oxygen atoms in total. The molecule has 2 aromatic rings. The lowest BCUT2D eigenvalue weighted by Crippen LogP contribution is -2.58. The number of hydrogen-bond acceptors (Lipinski definition) is 6. The lowest BCUT2D eigenvalue weighted by Gasteiger charge is -2.28. The molecular formula is C20H25N5O5. The Labute approximate surface area is 173 Å². The molecule has 10 heteroatoms. The van der Waals surface area contributed by atoms with Crippen LogP contribution in [0.2, 0.25) is 0 Å². The van der Waals surface area contributed by atoms with Crippen LogP contribution in [-0.4, -0.2) is 53.1 Å². The molecule has 1 atom stereocenters. The fourth-order valence-electron chi connectivity index (χ4n) is 3.68. The molecule has 0 bridgehead atoms. The second kappa shape index (κ2) is 8.15. The molecule has 3 rings (SSSR count). The van der Waals surface area contributed by atoms with Crippen molar-refractivity contribution >= 4 is 17.8 Å². The minimum atomic E-state index is -1.33. The molecular weight excluding hydrogens is 390 g/mol. The maximum Gasteiger partial charge on any atom is 0.328 e. The largest absolute Gasteiger partial charge is 0.711 e. The molecule has 160 valence electrons. The number of imidazole rings is 1. The van der Waals surface area contributed by atoms with Crippen molar-refractivity contribution in [3.05, 3.63) is 52.2 Å². The van der Waals surface area contributed by atoms with Gasteiger partial charge >= 0.3 is 6.03 Å². The topological polar surface area (TPSA) is 131 Å². The predicted molar refractivity (Wildman–Crippen MR) is 107 cm³/mol. The van der Waals surface area contributed by atoms with E-state index in [1.807, 2.05) is 19.0 Å². The van der Waals surface area contributed by atoms with Crippen LogP contribution in [0.4, 0.5) is 4.79 Å². The van der Waals surface area contributed by atoms with Gasteiger partial charge in [0.25, 0.3) is 5.82 Å². The van der Waals surface area contributed by atoms with Gasteiger partial charge in [-0.25, -0.2) is 14.1 Å². The third-order valence-corrected chi connectivity index (χ3v) is 5.39. The number of aromatic nitrogens is 2. The van der Waals surface area contributed by atoms with Gasteiger partial charge in [-0.1, -0.05) is 12.1 Å². The monoisotopic (exact) mass is 415 g/mol. The van der Waals surface area contributed by atoms with E-state index in [-0.39, 0.29) is 11.6 Å². The zero-order chi connectivity index (χ0) is 22.2. The lowest BCUT2D eigenvalue weighted by atomic mass is 9.83. The number of amides is 4. The number of phenols is 1. The van der Waals surface area contributed by atoms with Crippen molar-refractivity contribution < 1.29 is 24.2 Å². The average Bonchev–Trinajstić information content (AvgIpc) is 2.87. The number of carbonyl (C=O) groups excluding carboxylic acids is 3. The van der Waals surface area contributed by atoms with Crippen molar-refractivity contribution in [1.29, 1.82) is 0 Å². The van der Waals surface area contributed by atoms with E-state index in [1.54, 1.807) is 30.5 Å². The standard InChI is InChI=1S/C20H25N5O5/c1-11-12(2)25(30)19(24(11)10-9-23(3)4)15(13-5-7-14(26)8-6-13)16-17(27)21-20(29)22-18(16)28/h5-8,15-16,26H,9-10H2,1-4H3,(H2,21,22,27,28,29). The first-order valence-corrected chi connectivity index (χ1v) is 9.50. The summed E-state index contributed by atoms with van der Waals surface area (Å²) in [6, 6.07) is 5.08. The van der Waals surface area contributed by atoms with Crippen LogP contribution in [0.25, 0.3) is 0 Å². The highest BCUT2D eigenvalue weighted by Crippen LogP contribution is 2.34. The van der Waals surface area contributed by atoms with Crippen molar-refractivity contribution in [3.63, 3.8) is 0 Å². The average molecular weight is 415 g/mol. The minimum Gasteiger partial charge on any atom is -0.711 e. The number of barbiturate groups is 1. The molecule has 1 unspecified atom stereocenters. The van der Waals surface area contributed by atoms with Gasteiger partial charge < -0.3 is 15.2 Å². The van der Waals surface area contributed by atoms with Crippen LogP contribution < -0.4 is 15.4 Å². The number of nitrogens with zero attached hydrogens (tertiary/aromatic N) is 3. The summed E-state index contributed by atoms with van der Waals surface area (Å²) in [5.74, 6) is -3.63. The highest BCUT2D eigenvalue weighted by Gasteiger charge is 2.47. The summed E-state index contributed by atoms with van der Waals surface area (Å²) in [6.45, 7) is 4.58. The summed E-state index contributed by atoms with van der Waals surface area (Å²) in [5, 5.41) is 27.1. The van der Waals surface area contributed by atoms with Gasteiger partial charge in [-0.15, -0.1) is 0 Å². The van der Waals surface area contributed by atoms with E-state index < -0.39 is 29.7 Å². The first-order valence-electron chi connectivity index (χ1n) is 9.50. The number of nitrogens with one attached hydrogen (secondary N) is 2. The summed E-state index contributed by atoms with van der Waals surface area (Å²) in [7, 11) is 3.81. The predicted octanol–water partition coefficient (Wildman–Crippen LogP) is 0.120. The van der Waals surface area contributed by atoms with Crippen molar-refractivity contribution in [2.75, 3.05) is 20.6 Å². The van der Waals surface area contributed by atoms with E-state index in [1.165, 1.54) is 12.1 Å². The second-order valence-electron chi connectivity index (χ2n) is 7.63. The molecule has 1 aromatic heterocycles. The summed E-state index contributed by atoms with van der Waals surface area (Å²) in [5.41, 5.74) is 1.67. The van der Waals surface area contributed by atoms with E-state index in [0.717, 1.165) is 10.4 Å². The molecule has 30 heavy (non-hydrogen) atoms. The van der Waals surface area contributed by atoms with Crippen LogP contribution in [0.3, 0.4) is 0 Å². The van der Waals surface area contributed by atoms with Crippen LogP contribution >= 0.6 is 0 Å². The van der Waals surface area contributed by atoms with Crippen LogP contribution in [0.5, 0.6) is 5.75 Å². The fourth-order valence-corrected chi connectivity index (χ4v) is 3.68. The zero-order valence-electron chi connectivity index (χ0n) is 17.3. The summed E-state index contributed by atoms with van der Waals surface area (Å²) in [6.07, 6.45) is 0. The third kappa shape index (κ3) is 3.86. The maximum atomic E-state index is 13.2. The first-order chi connectivity index (χ1) is 14.1. The summed E-state index contributed by atoms with van der Waals surface area (Å²) >= 11 is 0. The summed E-state index contributed by atoms with van der Waals surface area (Å²) < 4.78 is 2.54. The molecule has 3 N–H and O–H groups in total.